The van der Waals surface area contributed by atoms with Crippen LogP contribution in [0.25, 0.3) is 5.69 Å². The minimum atomic E-state index is -4.68. The van der Waals surface area contributed by atoms with Gasteiger partial charge in [0.1, 0.15) is 0 Å². The first kappa shape index (κ1) is 17.7. The molecule has 0 aliphatic carbocycles. The lowest BCUT2D eigenvalue weighted by Gasteiger charge is -2.14. The summed E-state index contributed by atoms with van der Waals surface area (Å²) < 4.78 is 76.8. The lowest BCUT2D eigenvalue weighted by atomic mass is 10.3. The topological polar surface area (TPSA) is 17.8 Å². The molecule has 0 radical (unpaired) electrons. The van der Waals surface area contributed by atoms with Gasteiger partial charge in [-0.15, -0.1) is 0 Å². The molecule has 0 bridgehead atoms. The number of nitrogens with zero attached hydrogens (tertiary/aromatic N) is 2. The molecule has 1 aromatic heterocycles. The van der Waals surface area contributed by atoms with Gasteiger partial charge < -0.3 is 0 Å². The summed E-state index contributed by atoms with van der Waals surface area (Å²) in [6.45, 7) is 0. The minimum Gasteiger partial charge on any atom is -0.238 e. The van der Waals surface area contributed by atoms with Crippen LogP contribution in [0.4, 0.5) is 26.3 Å². The lowest BCUT2D eigenvalue weighted by molar-refractivity contribution is -0.141. The number of aromatic nitrogens is 2. The van der Waals surface area contributed by atoms with Gasteiger partial charge >= 0.3 is 11.7 Å². The third-order valence-electron chi connectivity index (χ3n) is 2.33. The van der Waals surface area contributed by atoms with Gasteiger partial charge in [0.05, 0.1) is 5.69 Å². The Morgan fingerprint density at radius 1 is 1.05 bits per heavy atom. The Kier molecular flexibility index (Phi) is 4.88. The molecular formula is C11H4Br2F6N2S. The maximum absolute atomic E-state index is 12.6. The molecule has 0 unspecified atom stereocenters. The quantitative estimate of drug-likeness (QED) is 0.395. The van der Waals surface area contributed by atoms with Crippen molar-refractivity contribution in [2.24, 2.45) is 0 Å². The maximum Gasteiger partial charge on any atom is 0.446 e. The maximum atomic E-state index is 12.6. The predicted molar refractivity (Wildman–Crippen MR) is 75.9 cm³/mol. The van der Waals surface area contributed by atoms with E-state index in [1.807, 2.05) is 0 Å². The molecule has 0 fully saturated rings. The first-order valence-electron chi connectivity index (χ1n) is 5.35. The number of hydrogen-bond donors (Lipinski definition) is 0. The number of halogens is 8. The van der Waals surface area contributed by atoms with E-state index in [4.69, 9.17) is 0 Å². The van der Waals surface area contributed by atoms with Crippen LogP contribution in [0, 0.1) is 0 Å². The summed E-state index contributed by atoms with van der Waals surface area (Å²) in [6.07, 6.45) is -3.72. The number of hydrogen-bond acceptors (Lipinski definition) is 2. The highest BCUT2D eigenvalue weighted by atomic mass is 79.9. The van der Waals surface area contributed by atoms with Crippen LogP contribution in [0.15, 0.2) is 38.2 Å². The fourth-order valence-electron chi connectivity index (χ4n) is 1.57. The Labute approximate surface area is 141 Å². The van der Waals surface area contributed by atoms with Gasteiger partial charge in [-0.2, -0.15) is 31.4 Å². The van der Waals surface area contributed by atoms with E-state index in [2.05, 4.69) is 37.0 Å². The summed E-state index contributed by atoms with van der Waals surface area (Å²) in [5.74, 6) is 0. The van der Waals surface area contributed by atoms with Crippen LogP contribution in [-0.2, 0) is 6.18 Å². The Morgan fingerprint density at radius 2 is 1.68 bits per heavy atom. The molecule has 0 spiro atoms. The molecule has 2 aromatic rings. The van der Waals surface area contributed by atoms with Gasteiger partial charge in [-0.1, -0.05) is 15.9 Å². The molecule has 0 amide bonds. The normalized spacial score (nSPS) is 12.7. The molecule has 0 N–H and O–H groups in total. The van der Waals surface area contributed by atoms with Crippen LogP contribution in [0.3, 0.4) is 0 Å². The van der Waals surface area contributed by atoms with Crippen molar-refractivity contribution in [3.05, 3.63) is 39.0 Å². The summed E-state index contributed by atoms with van der Waals surface area (Å²) in [7, 11) is 0. The highest BCUT2D eigenvalue weighted by Gasteiger charge is 2.35. The Bertz CT molecular complexity index is 695. The van der Waals surface area contributed by atoms with E-state index < -0.39 is 29.1 Å². The second-order valence-corrected chi connectivity index (χ2v) is 6.80. The molecule has 0 atom stereocenters. The highest BCUT2D eigenvalue weighted by molar-refractivity contribution is 9.11. The van der Waals surface area contributed by atoms with Gasteiger partial charge in [0.15, 0.2) is 5.69 Å². The third-order valence-corrected chi connectivity index (χ3v) is 4.15. The van der Waals surface area contributed by atoms with E-state index >= 15 is 0 Å². The number of alkyl halides is 6. The summed E-state index contributed by atoms with van der Waals surface area (Å²) in [4.78, 5) is -0.287. The molecule has 1 heterocycles. The molecule has 1 aromatic carbocycles. The zero-order valence-corrected chi connectivity index (χ0v) is 14.1. The van der Waals surface area contributed by atoms with Crippen LogP contribution < -0.4 is 0 Å². The predicted octanol–water partition coefficient (Wildman–Crippen LogP) is 6.03. The summed E-state index contributed by atoms with van der Waals surface area (Å²) in [6, 6.07) is 3.27. The minimum absolute atomic E-state index is 0.124. The van der Waals surface area contributed by atoms with Crippen molar-refractivity contribution in [3.63, 3.8) is 0 Å². The van der Waals surface area contributed by atoms with E-state index in [0.29, 0.717) is 10.5 Å². The van der Waals surface area contributed by atoms with Gasteiger partial charge in [0.25, 0.3) is 0 Å². The lowest BCUT2D eigenvalue weighted by Crippen LogP contribution is -2.08. The fraction of sp³-hybridized carbons (Fsp3) is 0.182. The SMILES string of the molecule is FC(F)(F)Sc1cc(Br)cc(Br)c1-n1ccc(C(F)(F)F)n1. The van der Waals surface area contributed by atoms with Crippen LogP contribution >= 0.6 is 43.6 Å². The van der Waals surface area contributed by atoms with Crippen LogP contribution in [0.2, 0.25) is 0 Å². The highest BCUT2D eigenvalue weighted by Crippen LogP contribution is 2.43. The van der Waals surface area contributed by atoms with Crippen molar-refractivity contribution in [1.29, 1.82) is 0 Å². The first-order valence-corrected chi connectivity index (χ1v) is 7.75. The fourth-order valence-corrected chi connectivity index (χ4v) is 3.99. The molecule has 120 valence electrons. The molecule has 0 aliphatic heterocycles. The average molecular weight is 470 g/mol. The van der Waals surface area contributed by atoms with Gasteiger partial charge in [-0.3, -0.25) is 0 Å². The van der Waals surface area contributed by atoms with Crippen molar-refractivity contribution in [3.8, 4) is 5.69 Å². The van der Waals surface area contributed by atoms with E-state index in [1.54, 1.807) is 0 Å². The van der Waals surface area contributed by atoms with Gasteiger partial charge in [-0.05, 0) is 45.9 Å². The summed E-state index contributed by atoms with van der Waals surface area (Å²) >= 11 is 5.66. The zero-order chi connectivity index (χ0) is 16.7. The standard InChI is InChI=1S/C11H4Br2F6N2S/c12-5-3-6(13)9(7(4-5)22-11(17,18)19)21-2-1-8(20-21)10(14,15)16/h1-4H. The van der Waals surface area contributed by atoms with Crippen molar-refractivity contribution in [1.82, 2.24) is 9.78 Å². The second-order valence-electron chi connectivity index (χ2n) is 3.93. The molecule has 0 saturated heterocycles. The Balaban J connectivity index is 2.56. The van der Waals surface area contributed by atoms with E-state index in [-0.39, 0.29) is 15.1 Å². The molecule has 0 saturated carbocycles. The number of thioether (sulfide) groups is 1. The summed E-state index contributed by atoms with van der Waals surface area (Å²) in [5.41, 5.74) is -5.90. The van der Waals surface area contributed by atoms with Crippen LogP contribution in [0.5, 0.6) is 0 Å². The largest absolute Gasteiger partial charge is 0.446 e. The smallest absolute Gasteiger partial charge is 0.238 e. The van der Waals surface area contributed by atoms with Crippen molar-refractivity contribution >= 4 is 43.6 Å². The first-order chi connectivity index (χ1) is 9.97. The van der Waals surface area contributed by atoms with E-state index in [1.165, 1.54) is 6.07 Å². The molecular weight excluding hydrogens is 466 g/mol. The Morgan fingerprint density at radius 3 is 2.18 bits per heavy atom. The third kappa shape index (κ3) is 4.19. The van der Waals surface area contributed by atoms with Crippen LogP contribution in [-0.4, -0.2) is 15.3 Å². The molecule has 2 nitrogen and oxygen atoms in total. The van der Waals surface area contributed by atoms with Crippen molar-refractivity contribution < 1.29 is 26.3 Å². The number of benzene rings is 1. The number of rotatable bonds is 2. The summed E-state index contributed by atoms with van der Waals surface area (Å²) in [5, 5.41) is 3.30. The monoisotopic (exact) mass is 468 g/mol. The van der Waals surface area contributed by atoms with Crippen molar-refractivity contribution in [2.45, 2.75) is 16.6 Å². The molecule has 11 heteroatoms. The van der Waals surface area contributed by atoms with E-state index in [9.17, 15) is 26.3 Å². The van der Waals surface area contributed by atoms with Gasteiger partial charge in [-0.25, -0.2) is 4.68 Å². The van der Waals surface area contributed by atoms with E-state index in [0.717, 1.165) is 16.9 Å². The second kappa shape index (κ2) is 6.08. The zero-order valence-electron chi connectivity index (χ0n) is 10.1. The Hall–Kier alpha value is -0.680. The van der Waals surface area contributed by atoms with Gasteiger partial charge in [0, 0.05) is 20.0 Å². The average Bonchev–Trinajstić information content (AvgIpc) is 2.74. The molecule has 0 aliphatic rings. The van der Waals surface area contributed by atoms with Crippen molar-refractivity contribution in [2.75, 3.05) is 0 Å². The molecule has 22 heavy (non-hydrogen) atoms. The van der Waals surface area contributed by atoms with Crippen LogP contribution in [0.1, 0.15) is 5.69 Å². The van der Waals surface area contributed by atoms with Gasteiger partial charge in [0.2, 0.25) is 0 Å². The molecule has 2 rings (SSSR count).